The van der Waals surface area contributed by atoms with Crippen LogP contribution in [0.3, 0.4) is 0 Å². The molecule has 0 aliphatic carbocycles. The average molecular weight is 341 g/mol. The molecule has 1 aromatic carbocycles. The second kappa shape index (κ2) is 5.75. The van der Waals surface area contributed by atoms with Gasteiger partial charge in [0.15, 0.2) is 0 Å². The summed E-state index contributed by atoms with van der Waals surface area (Å²) in [5, 5.41) is 11.0. The predicted molar refractivity (Wildman–Crippen MR) is 79.2 cm³/mol. The van der Waals surface area contributed by atoms with Crippen LogP contribution in [0.25, 0.3) is 0 Å². The van der Waals surface area contributed by atoms with Gasteiger partial charge in [-0.25, -0.2) is 4.79 Å². The molecule has 0 spiro atoms. The van der Waals surface area contributed by atoms with Crippen molar-refractivity contribution in [2.75, 3.05) is 0 Å². The molecule has 0 bridgehead atoms. The first-order valence-corrected chi connectivity index (χ1v) is 7.35. The third-order valence-electron chi connectivity index (χ3n) is 2.69. The summed E-state index contributed by atoms with van der Waals surface area (Å²) in [6.07, 6.45) is 0. The van der Waals surface area contributed by atoms with Gasteiger partial charge in [0, 0.05) is 14.7 Å². The lowest BCUT2D eigenvalue weighted by molar-refractivity contribution is 0.0696. The van der Waals surface area contributed by atoms with Gasteiger partial charge in [-0.1, -0.05) is 0 Å². The molecule has 0 saturated carbocycles. The van der Waals surface area contributed by atoms with Crippen LogP contribution in [-0.2, 0) is 6.61 Å². The van der Waals surface area contributed by atoms with Crippen LogP contribution >= 0.6 is 27.3 Å². The number of benzene rings is 1. The van der Waals surface area contributed by atoms with Gasteiger partial charge in [-0.3, -0.25) is 0 Å². The molecular formula is C14H13BrO3S. The molecule has 1 heterocycles. The number of aromatic carboxylic acids is 1. The summed E-state index contributed by atoms with van der Waals surface area (Å²) in [6.45, 7) is 4.21. The highest BCUT2D eigenvalue weighted by Crippen LogP contribution is 2.27. The Morgan fingerprint density at radius 3 is 2.42 bits per heavy atom. The number of hydrogen-bond donors (Lipinski definition) is 1. The van der Waals surface area contributed by atoms with Gasteiger partial charge in [0.05, 0.1) is 5.56 Å². The van der Waals surface area contributed by atoms with E-state index in [-0.39, 0.29) is 0 Å². The SMILES string of the molecule is Cc1cc(C(=O)O)cc(C)c1OCc1cc(Br)cs1. The highest BCUT2D eigenvalue weighted by Gasteiger charge is 2.11. The van der Waals surface area contributed by atoms with Crippen molar-refractivity contribution in [2.24, 2.45) is 0 Å². The van der Waals surface area contributed by atoms with Crippen molar-refractivity contribution in [2.45, 2.75) is 20.5 Å². The van der Waals surface area contributed by atoms with Crippen molar-refractivity contribution in [1.29, 1.82) is 0 Å². The van der Waals surface area contributed by atoms with Gasteiger partial charge in [0.1, 0.15) is 12.4 Å². The molecule has 0 amide bonds. The van der Waals surface area contributed by atoms with Crippen LogP contribution < -0.4 is 4.74 Å². The Bertz CT molecular complexity index is 596. The minimum atomic E-state index is -0.917. The molecule has 2 rings (SSSR count). The van der Waals surface area contributed by atoms with Crippen molar-refractivity contribution in [3.05, 3.63) is 49.6 Å². The Kier molecular flexibility index (Phi) is 4.27. The maximum atomic E-state index is 11.0. The van der Waals surface area contributed by atoms with E-state index in [2.05, 4.69) is 15.9 Å². The van der Waals surface area contributed by atoms with Crippen molar-refractivity contribution in [1.82, 2.24) is 0 Å². The summed E-state index contributed by atoms with van der Waals surface area (Å²) < 4.78 is 6.85. The monoisotopic (exact) mass is 340 g/mol. The Labute approximate surface area is 124 Å². The number of thiophene rings is 1. The van der Waals surface area contributed by atoms with E-state index in [0.717, 1.165) is 26.2 Å². The first-order valence-electron chi connectivity index (χ1n) is 5.67. The lowest BCUT2D eigenvalue weighted by Gasteiger charge is -2.12. The van der Waals surface area contributed by atoms with Crippen LogP contribution in [0.1, 0.15) is 26.4 Å². The summed E-state index contributed by atoms with van der Waals surface area (Å²) in [4.78, 5) is 12.1. The van der Waals surface area contributed by atoms with Crippen molar-refractivity contribution >= 4 is 33.2 Å². The number of aryl methyl sites for hydroxylation is 2. The number of hydrogen-bond acceptors (Lipinski definition) is 3. The standard InChI is InChI=1S/C14H13BrO3S/c1-8-3-10(14(16)17)4-9(2)13(8)18-6-12-5-11(15)7-19-12/h3-5,7H,6H2,1-2H3,(H,16,17). The fraction of sp³-hybridized carbons (Fsp3) is 0.214. The highest BCUT2D eigenvalue weighted by atomic mass is 79.9. The van der Waals surface area contributed by atoms with Crippen molar-refractivity contribution in [3.8, 4) is 5.75 Å². The van der Waals surface area contributed by atoms with Crippen LogP contribution in [0.15, 0.2) is 28.1 Å². The maximum absolute atomic E-state index is 11.0. The smallest absolute Gasteiger partial charge is 0.335 e. The van der Waals surface area contributed by atoms with Gasteiger partial charge < -0.3 is 9.84 Å². The van der Waals surface area contributed by atoms with E-state index in [9.17, 15) is 4.79 Å². The lowest BCUT2D eigenvalue weighted by Crippen LogP contribution is -2.02. The van der Waals surface area contributed by atoms with Crippen LogP contribution in [0.2, 0.25) is 0 Å². The van der Waals surface area contributed by atoms with Crippen molar-refractivity contribution in [3.63, 3.8) is 0 Å². The summed E-state index contributed by atoms with van der Waals surface area (Å²) in [5.41, 5.74) is 1.97. The summed E-state index contributed by atoms with van der Waals surface area (Å²) >= 11 is 5.02. The maximum Gasteiger partial charge on any atom is 0.335 e. The molecule has 19 heavy (non-hydrogen) atoms. The van der Waals surface area contributed by atoms with Crippen molar-refractivity contribution < 1.29 is 14.6 Å². The molecule has 2 aromatic rings. The van der Waals surface area contributed by atoms with Gasteiger partial charge in [-0.2, -0.15) is 0 Å². The number of rotatable bonds is 4. The average Bonchev–Trinajstić information content (AvgIpc) is 2.73. The molecule has 0 saturated heterocycles. The molecule has 0 fully saturated rings. The van der Waals surface area contributed by atoms with E-state index < -0.39 is 5.97 Å². The van der Waals surface area contributed by atoms with Gasteiger partial charge in [0.2, 0.25) is 0 Å². The number of carboxylic acids is 1. The van der Waals surface area contributed by atoms with E-state index in [1.54, 1.807) is 23.5 Å². The Hall–Kier alpha value is -1.33. The van der Waals surface area contributed by atoms with Crippen LogP contribution in [-0.4, -0.2) is 11.1 Å². The van der Waals surface area contributed by atoms with Crippen LogP contribution in [0, 0.1) is 13.8 Å². The van der Waals surface area contributed by atoms with E-state index in [1.807, 2.05) is 25.3 Å². The van der Waals surface area contributed by atoms with E-state index in [4.69, 9.17) is 9.84 Å². The first kappa shape index (κ1) is 14.1. The molecule has 1 aromatic heterocycles. The second-order valence-corrected chi connectivity index (χ2v) is 6.18. The number of carboxylic acid groups (broad SMARTS) is 1. The molecule has 100 valence electrons. The van der Waals surface area contributed by atoms with Gasteiger partial charge in [0.25, 0.3) is 0 Å². The normalized spacial score (nSPS) is 10.5. The second-order valence-electron chi connectivity index (χ2n) is 4.26. The topological polar surface area (TPSA) is 46.5 Å². The molecule has 0 atom stereocenters. The largest absolute Gasteiger partial charge is 0.488 e. The van der Waals surface area contributed by atoms with E-state index in [1.165, 1.54) is 0 Å². The highest BCUT2D eigenvalue weighted by molar-refractivity contribution is 9.10. The molecule has 0 radical (unpaired) electrons. The molecular weight excluding hydrogens is 328 g/mol. The quantitative estimate of drug-likeness (QED) is 0.896. The Morgan fingerprint density at radius 1 is 1.32 bits per heavy atom. The molecule has 3 nitrogen and oxygen atoms in total. The van der Waals surface area contributed by atoms with E-state index in [0.29, 0.717) is 12.2 Å². The fourth-order valence-electron chi connectivity index (χ4n) is 1.87. The van der Waals surface area contributed by atoms with Gasteiger partial charge in [-0.15, -0.1) is 11.3 Å². The molecule has 5 heteroatoms. The van der Waals surface area contributed by atoms with E-state index >= 15 is 0 Å². The predicted octanol–water partition coefficient (Wildman–Crippen LogP) is 4.40. The number of ether oxygens (including phenoxy) is 1. The lowest BCUT2D eigenvalue weighted by atomic mass is 10.1. The molecule has 0 aliphatic rings. The molecule has 1 N–H and O–H groups in total. The fourth-order valence-corrected chi connectivity index (χ4v) is 3.24. The summed E-state index contributed by atoms with van der Waals surface area (Å²) in [6, 6.07) is 5.28. The number of carbonyl (C=O) groups is 1. The Balaban J connectivity index is 2.18. The summed E-state index contributed by atoms with van der Waals surface area (Å²) in [5.74, 6) is -0.158. The zero-order valence-electron chi connectivity index (χ0n) is 10.6. The van der Waals surface area contributed by atoms with Crippen LogP contribution in [0.5, 0.6) is 5.75 Å². The third-order valence-corrected chi connectivity index (χ3v) is 4.36. The third kappa shape index (κ3) is 3.36. The summed E-state index contributed by atoms with van der Waals surface area (Å²) in [7, 11) is 0. The number of halogens is 1. The minimum absolute atomic E-state index is 0.293. The van der Waals surface area contributed by atoms with Gasteiger partial charge in [-0.05, 0) is 59.1 Å². The van der Waals surface area contributed by atoms with Gasteiger partial charge >= 0.3 is 5.97 Å². The minimum Gasteiger partial charge on any atom is -0.488 e. The van der Waals surface area contributed by atoms with Crippen LogP contribution in [0.4, 0.5) is 0 Å². The Morgan fingerprint density at radius 2 is 1.95 bits per heavy atom. The zero-order valence-corrected chi connectivity index (χ0v) is 13.0. The first-order chi connectivity index (χ1) is 8.97. The molecule has 0 unspecified atom stereocenters. The zero-order chi connectivity index (χ0) is 14.0. The molecule has 0 aliphatic heterocycles.